The standard InChI is InChI=1S/C3H6O.C2H4O.Si/c1-3-2-4-3;1-2-3-1;/h3H,2H2,1H3;1-2H2;. The number of hydrogen-bond donors (Lipinski definition) is 0. The third kappa shape index (κ3) is 9.46. The van der Waals surface area contributed by atoms with E-state index in [4.69, 9.17) is 4.74 Å². The van der Waals surface area contributed by atoms with Gasteiger partial charge in [-0.05, 0) is 6.92 Å². The van der Waals surface area contributed by atoms with Gasteiger partial charge in [0.05, 0.1) is 25.9 Å². The quantitative estimate of drug-likeness (QED) is 0.342. The summed E-state index contributed by atoms with van der Waals surface area (Å²) >= 11 is 0. The third-order valence-corrected chi connectivity index (χ3v) is 0.704. The van der Waals surface area contributed by atoms with E-state index in [0.29, 0.717) is 6.10 Å². The van der Waals surface area contributed by atoms with Crippen LogP contribution in [0, 0.1) is 0 Å². The molecule has 2 saturated heterocycles. The lowest BCUT2D eigenvalue weighted by molar-refractivity contribution is 0.423. The van der Waals surface area contributed by atoms with Gasteiger partial charge in [-0.3, -0.25) is 0 Å². The summed E-state index contributed by atoms with van der Waals surface area (Å²) in [6.45, 7) is 5.04. The van der Waals surface area contributed by atoms with Gasteiger partial charge in [-0.2, -0.15) is 0 Å². The maximum Gasteiger partial charge on any atom is 0.0781 e. The third-order valence-electron chi connectivity index (χ3n) is 0.704. The molecule has 1 atom stereocenters. The zero-order valence-corrected chi connectivity index (χ0v) is 6.02. The van der Waals surface area contributed by atoms with Gasteiger partial charge in [0.25, 0.3) is 0 Å². The van der Waals surface area contributed by atoms with Crippen LogP contribution in [0.1, 0.15) is 6.92 Å². The summed E-state index contributed by atoms with van der Waals surface area (Å²) < 4.78 is 9.21. The van der Waals surface area contributed by atoms with Crippen molar-refractivity contribution in [3.8, 4) is 0 Å². The average Bonchev–Trinajstić information content (AvgIpc) is 2.27. The normalized spacial score (nSPS) is 28.9. The van der Waals surface area contributed by atoms with Crippen molar-refractivity contribution in [2.75, 3.05) is 19.8 Å². The maximum absolute atomic E-state index is 4.71. The largest absolute Gasteiger partial charge is 0.377 e. The summed E-state index contributed by atoms with van der Waals surface area (Å²) in [4.78, 5) is 0. The van der Waals surface area contributed by atoms with Gasteiger partial charge >= 0.3 is 0 Å². The highest BCUT2D eigenvalue weighted by molar-refractivity contribution is 5.75. The van der Waals surface area contributed by atoms with Crippen molar-refractivity contribution in [2.45, 2.75) is 13.0 Å². The molecule has 0 N–H and O–H groups in total. The number of ether oxygens (including phenoxy) is 2. The lowest BCUT2D eigenvalue weighted by atomic mass is 10.6. The molecule has 1 unspecified atom stereocenters. The van der Waals surface area contributed by atoms with Gasteiger partial charge in [-0.1, -0.05) is 0 Å². The second kappa shape index (κ2) is 4.06. The van der Waals surface area contributed by atoms with Crippen LogP contribution in [0.25, 0.3) is 0 Å². The molecule has 0 amide bonds. The summed E-state index contributed by atoms with van der Waals surface area (Å²) in [6.07, 6.45) is 0.583. The summed E-state index contributed by atoms with van der Waals surface area (Å²) in [5, 5.41) is 0. The van der Waals surface area contributed by atoms with Crippen molar-refractivity contribution in [2.24, 2.45) is 0 Å². The molecule has 0 spiro atoms. The Hall–Kier alpha value is 0.137. The van der Waals surface area contributed by atoms with Crippen LogP contribution in [0.3, 0.4) is 0 Å². The number of hydrogen-bond acceptors (Lipinski definition) is 2. The van der Waals surface area contributed by atoms with Gasteiger partial charge < -0.3 is 9.47 Å². The molecule has 2 aliphatic rings. The molecule has 8 heavy (non-hydrogen) atoms. The molecule has 2 aliphatic heterocycles. The van der Waals surface area contributed by atoms with E-state index in [1.807, 2.05) is 0 Å². The smallest absolute Gasteiger partial charge is 0.0781 e. The molecule has 4 radical (unpaired) electrons. The van der Waals surface area contributed by atoms with Gasteiger partial charge in [0, 0.05) is 11.0 Å². The van der Waals surface area contributed by atoms with Gasteiger partial charge in [0.2, 0.25) is 0 Å². The highest BCUT2D eigenvalue weighted by Crippen LogP contribution is 2.04. The fraction of sp³-hybridized carbons (Fsp3) is 1.00. The molecule has 0 aliphatic carbocycles. The first-order valence-electron chi connectivity index (χ1n) is 2.59. The zero-order chi connectivity index (χ0) is 5.11. The van der Waals surface area contributed by atoms with Crippen LogP contribution in [0.15, 0.2) is 0 Å². The zero-order valence-electron chi connectivity index (χ0n) is 5.02. The first kappa shape index (κ1) is 8.14. The second-order valence-electron chi connectivity index (χ2n) is 1.76. The Morgan fingerprint density at radius 3 is 1.62 bits per heavy atom. The van der Waals surface area contributed by atoms with Crippen LogP contribution >= 0.6 is 0 Å². The van der Waals surface area contributed by atoms with Crippen LogP contribution in [0.5, 0.6) is 0 Å². The summed E-state index contributed by atoms with van der Waals surface area (Å²) in [5.74, 6) is 0. The molecule has 3 heteroatoms. The fourth-order valence-corrected chi connectivity index (χ4v) is 0.0962. The molecule has 0 bridgehead atoms. The van der Waals surface area contributed by atoms with E-state index < -0.39 is 0 Å². The molecule has 0 aromatic heterocycles. The summed E-state index contributed by atoms with van der Waals surface area (Å²) in [6, 6.07) is 0. The highest BCUT2D eigenvalue weighted by atomic mass is 28.1. The summed E-state index contributed by atoms with van der Waals surface area (Å²) in [7, 11) is 0. The second-order valence-corrected chi connectivity index (χ2v) is 1.76. The summed E-state index contributed by atoms with van der Waals surface area (Å²) in [5.41, 5.74) is 0. The van der Waals surface area contributed by atoms with Crippen molar-refractivity contribution in [1.29, 1.82) is 0 Å². The van der Waals surface area contributed by atoms with Crippen LogP contribution in [-0.2, 0) is 9.47 Å². The van der Waals surface area contributed by atoms with Crippen LogP contribution in [0.2, 0.25) is 0 Å². The molecule has 0 aromatic carbocycles. The van der Waals surface area contributed by atoms with Gasteiger partial charge in [0.15, 0.2) is 0 Å². The van der Waals surface area contributed by atoms with E-state index in [1.54, 1.807) is 0 Å². The van der Waals surface area contributed by atoms with Crippen molar-refractivity contribution < 1.29 is 9.47 Å². The monoisotopic (exact) mass is 130 g/mol. The fourth-order valence-electron chi connectivity index (χ4n) is 0.0962. The minimum absolute atomic E-state index is 0. The highest BCUT2D eigenvalue weighted by Gasteiger charge is 2.13. The predicted octanol–water partition coefficient (Wildman–Crippen LogP) is 0.0409. The van der Waals surface area contributed by atoms with Crippen molar-refractivity contribution >= 4 is 11.0 Å². The predicted molar refractivity (Wildman–Crippen MR) is 32.0 cm³/mol. The van der Waals surface area contributed by atoms with Crippen molar-refractivity contribution in [1.82, 2.24) is 0 Å². The topological polar surface area (TPSA) is 25.1 Å². The Morgan fingerprint density at radius 2 is 1.62 bits per heavy atom. The first-order chi connectivity index (χ1) is 3.39. The molecule has 2 nitrogen and oxygen atoms in total. The van der Waals surface area contributed by atoms with Crippen molar-refractivity contribution in [3.05, 3.63) is 0 Å². The van der Waals surface area contributed by atoms with Crippen LogP contribution in [-0.4, -0.2) is 36.9 Å². The van der Waals surface area contributed by atoms with Gasteiger partial charge in [-0.25, -0.2) is 0 Å². The van der Waals surface area contributed by atoms with E-state index in [-0.39, 0.29) is 11.0 Å². The van der Waals surface area contributed by atoms with Gasteiger partial charge in [-0.15, -0.1) is 0 Å². The molecule has 0 aromatic rings. The maximum atomic E-state index is 4.71. The van der Waals surface area contributed by atoms with Crippen LogP contribution < -0.4 is 0 Å². The first-order valence-corrected chi connectivity index (χ1v) is 2.59. The van der Waals surface area contributed by atoms with E-state index in [2.05, 4.69) is 11.7 Å². The molecule has 46 valence electrons. The van der Waals surface area contributed by atoms with E-state index >= 15 is 0 Å². The Kier molecular flexibility index (Phi) is 4.13. The minimum Gasteiger partial charge on any atom is -0.377 e. The Balaban J connectivity index is 0.000000112. The minimum atomic E-state index is 0. The van der Waals surface area contributed by atoms with E-state index in [1.165, 1.54) is 0 Å². The molecule has 2 fully saturated rings. The van der Waals surface area contributed by atoms with Crippen LogP contribution in [0.4, 0.5) is 0 Å². The average molecular weight is 130 g/mol. The lowest BCUT2D eigenvalue weighted by Gasteiger charge is -1.50. The molecule has 2 rings (SSSR count). The van der Waals surface area contributed by atoms with E-state index in [0.717, 1.165) is 19.8 Å². The Bertz CT molecular complexity index is 49.6. The molecule has 2 heterocycles. The molecular weight excluding hydrogens is 120 g/mol. The molecule has 0 saturated carbocycles. The Labute approximate surface area is 54.2 Å². The SMILES string of the molecule is C1CO1.CC1CO1.[Si]. The van der Waals surface area contributed by atoms with Gasteiger partial charge in [0.1, 0.15) is 0 Å². The van der Waals surface area contributed by atoms with E-state index in [9.17, 15) is 0 Å². The molecular formula is C5H10O2Si. The number of epoxide rings is 2. The Morgan fingerprint density at radius 1 is 1.38 bits per heavy atom. The lowest BCUT2D eigenvalue weighted by Crippen LogP contribution is -1.60. The number of rotatable bonds is 0. The van der Waals surface area contributed by atoms with Crippen molar-refractivity contribution in [3.63, 3.8) is 0 Å².